The van der Waals surface area contributed by atoms with Gasteiger partial charge in [0.1, 0.15) is 22.3 Å². The Hall–Kier alpha value is -8.43. The van der Waals surface area contributed by atoms with Crippen molar-refractivity contribution in [3.05, 3.63) is 216 Å². The largest absolute Gasteiger partial charge is 0.488 e. The lowest BCUT2D eigenvalue weighted by molar-refractivity contribution is 0.425. The van der Waals surface area contributed by atoms with Crippen molar-refractivity contribution in [3.8, 4) is 67.5 Å². The maximum absolute atomic E-state index is 9.52. The molecule has 0 saturated carbocycles. The molecule has 8 heteroatoms. The lowest BCUT2D eigenvalue weighted by Crippen LogP contribution is -2.31. The quantitative estimate of drug-likeness (QED) is 0.166. The summed E-state index contributed by atoms with van der Waals surface area (Å²) in [6.45, 7) is 8.96. The molecular weight excluding hydrogens is 874 g/mol. The Morgan fingerprint density at radius 2 is 0.761 bits per heavy atom. The van der Waals surface area contributed by atoms with Crippen LogP contribution in [0.1, 0.15) is 49.9 Å². The Kier molecular flexibility index (Phi) is 9.66. The Balaban J connectivity index is 0.000000165. The monoisotopic (exact) mass is 919 g/mol. The smallest absolute Gasteiger partial charge is 0.456 e. The zero-order valence-electron chi connectivity index (χ0n) is 39.6. The molecule has 0 amide bonds. The highest BCUT2D eigenvalue weighted by atomic mass is 16.4. The molecule has 0 fully saturated rings. The van der Waals surface area contributed by atoms with Gasteiger partial charge in [-0.2, -0.15) is 0 Å². The fraction of sp³-hybridized carbons (Fsp3) is 0.0952. The third-order valence-electron chi connectivity index (χ3n) is 14.8. The van der Waals surface area contributed by atoms with Crippen molar-refractivity contribution in [2.45, 2.75) is 38.5 Å². The van der Waals surface area contributed by atoms with Gasteiger partial charge in [0.05, 0.1) is 0 Å². The van der Waals surface area contributed by atoms with E-state index in [2.05, 4.69) is 113 Å². The fourth-order valence-corrected chi connectivity index (χ4v) is 11.0. The third-order valence-corrected chi connectivity index (χ3v) is 14.8. The van der Waals surface area contributed by atoms with Crippen LogP contribution in [0.4, 0.5) is 0 Å². The van der Waals surface area contributed by atoms with Crippen molar-refractivity contribution in [1.82, 2.24) is 15.0 Å². The van der Waals surface area contributed by atoms with Gasteiger partial charge in [-0.25, -0.2) is 15.0 Å². The topological polar surface area (TPSA) is 105 Å². The molecule has 0 spiro atoms. The van der Waals surface area contributed by atoms with E-state index in [1.54, 1.807) is 6.07 Å². The van der Waals surface area contributed by atoms with Crippen LogP contribution >= 0.6 is 0 Å². The van der Waals surface area contributed by atoms with Crippen LogP contribution in [0, 0.1) is 0 Å². The molecule has 12 aromatic rings. The summed E-state index contributed by atoms with van der Waals surface area (Å²) in [4.78, 5) is 14.8. The van der Waals surface area contributed by atoms with Crippen LogP contribution in [0.2, 0.25) is 0 Å². The molecule has 2 N–H and O–H groups in total. The molecule has 2 aliphatic rings. The molecule has 9 aromatic carbocycles. The Bertz CT molecular complexity index is 4040. The molecular formula is C63H46BN3O4. The van der Waals surface area contributed by atoms with E-state index in [4.69, 9.17) is 23.8 Å². The first-order valence-corrected chi connectivity index (χ1v) is 24.0. The predicted octanol–water partition coefficient (Wildman–Crippen LogP) is 14.3. The van der Waals surface area contributed by atoms with E-state index in [1.165, 1.54) is 33.4 Å². The van der Waals surface area contributed by atoms with Crippen LogP contribution in [-0.4, -0.2) is 32.1 Å². The normalized spacial score (nSPS) is 13.7. The number of nitrogens with zero attached hydrogens (tertiary/aromatic N) is 3. The van der Waals surface area contributed by atoms with E-state index >= 15 is 0 Å². The lowest BCUT2D eigenvalue weighted by Gasteiger charge is -2.22. The fourth-order valence-electron chi connectivity index (χ4n) is 11.0. The SMILES string of the molecule is CC1(C)c2cc(-c3cccc(-c4nc(-c5ccccc5)nc(-c5ccccc5)n4)c3)ccc2-c2cc3c(cc21)oc1ccccc13.CC1(C)c2cc(B(O)O)ccc2-c2cc3c(cc21)oc1ccccc13. The summed E-state index contributed by atoms with van der Waals surface area (Å²) in [5.41, 5.74) is 18.8. The average molecular weight is 920 g/mol. The summed E-state index contributed by atoms with van der Waals surface area (Å²) in [5.74, 6) is 1.97. The highest BCUT2D eigenvalue weighted by Gasteiger charge is 2.38. The van der Waals surface area contributed by atoms with E-state index in [9.17, 15) is 10.0 Å². The maximum Gasteiger partial charge on any atom is 0.488 e. The Morgan fingerprint density at radius 3 is 1.30 bits per heavy atom. The van der Waals surface area contributed by atoms with Crippen LogP contribution in [0.3, 0.4) is 0 Å². The summed E-state index contributed by atoms with van der Waals surface area (Å²) >= 11 is 0. The average Bonchev–Trinajstić information content (AvgIpc) is 4.09. The molecule has 71 heavy (non-hydrogen) atoms. The molecule has 0 unspecified atom stereocenters. The second kappa shape index (κ2) is 16.1. The van der Waals surface area contributed by atoms with Gasteiger partial charge in [0.2, 0.25) is 0 Å². The second-order valence-electron chi connectivity index (χ2n) is 19.8. The number of benzene rings is 9. The zero-order chi connectivity index (χ0) is 48.2. The highest BCUT2D eigenvalue weighted by molar-refractivity contribution is 6.58. The third kappa shape index (κ3) is 6.93. The van der Waals surface area contributed by atoms with Gasteiger partial charge in [0, 0.05) is 49.1 Å². The minimum absolute atomic E-state index is 0.172. The van der Waals surface area contributed by atoms with Crippen molar-refractivity contribution in [2.24, 2.45) is 0 Å². The summed E-state index contributed by atoms with van der Waals surface area (Å²) < 4.78 is 12.3. The van der Waals surface area contributed by atoms with Crippen LogP contribution in [0.15, 0.2) is 203 Å². The summed E-state index contributed by atoms with van der Waals surface area (Å²) in [6, 6.07) is 66.5. The minimum atomic E-state index is -1.45. The minimum Gasteiger partial charge on any atom is -0.456 e. The van der Waals surface area contributed by atoms with E-state index in [1.807, 2.05) is 103 Å². The number of hydrogen-bond donors (Lipinski definition) is 2. The van der Waals surface area contributed by atoms with Crippen molar-refractivity contribution in [3.63, 3.8) is 0 Å². The summed E-state index contributed by atoms with van der Waals surface area (Å²) in [6.07, 6.45) is 0. The molecule has 3 heterocycles. The van der Waals surface area contributed by atoms with Crippen LogP contribution in [0.25, 0.3) is 111 Å². The van der Waals surface area contributed by atoms with E-state index in [-0.39, 0.29) is 10.8 Å². The molecule has 3 aromatic heterocycles. The van der Waals surface area contributed by atoms with E-state index < -0.39 is 7.12 Å². The first kappa shape index (κ1) is 42.7. The van der Waals surface area contributed by atoms with E-state index in [0.29, 0.717) is 22.9 Å². The van der Waals surface area contributed by atoms with Gasteiger partial charge in [-0.05, 0) is 110 Å². The second-order valence-corrected chi connectivity index (χ2v) is 19.8. The van der Waals surface area contributed by atoms with Gasteiger partial charge < -0.3 is 18.9 Å². The molecule has 0 saturated heterocycles. The van der Waals surface area contributed by atoms with Crippen LogP contribution < -0.4 is 5.46 Å². The van der Waals surface area contributed by atoms with Crippen LogP contribution in [0.5, 0.6) is 0 Å². The molecule has 0 bridgehead atoms. The molecule has 7 nitrogen and oxygen atoms in total. The van der Waals surface area contributed by atoms with Gasteiger partial charge >= 0.3 is 7.12 Å². The molecule has 340 valence electrons. The summed E-state index contributed by atoms with van der Waals surface area (Å²) in [7, 11) is -1.45. The first-order valence-electron chi connectivity index (χ1n) is 24.0. The number of fused-ring (bicyclic) bond motifs is 12. The maximum atomic E-state index is 9.52. The van der Waals surface area contributed by atoms with Gasteiger partial charge in [-0.3, -0.25) is 0 Å². The highest BCUT2D eigenvalue weighted by Crippen LogP contribution is 2.53. The Labute approximate surface area is 410 Å². The Morgan fingerprint density at radius 1 is 0.338 bits per heavy atom. The van der Waals surface area contributed by atoms with Gasteiger partial charge in [0.25, 0.3) is 0 Å². The van der Waals surface area contributed by atoms with Crippen LogP contribution in [-0.2, 0) is 10.8 Å². The van der Waals surface area contributed by atoms with Crippen molar-refractivity contribution in [1.29, 1.82) is 0 Å². The molecule has 2 aliphatic carbocycles. The number of hydrogen-bond acceptors (Lipinski definition) is 7. The molecule has 0 aliphatic heterocycles. The van der Waals surface area contributed by atoms with Gasteiger partial charge in [-0.1, -0.05) is 173 Å². The number of para-hydroxylation sites is 2. The van der Waals surface area contributed by atoms with Crippen molar-refractivity contribution in [2.75, 3.05) is 0 Å². The molecule has 14 rings (SSSR count). The predicted molar refractivity (Wildman–Crippen MR) is 288 cm³/mol. The number of aromatic nitrogens is 3. The van der Waals surface area contributed by atoms with Gasteiger partial charge in [-0.15, -0.1) is 0 Å². The number of rotatable bonds is 5. The van der Waals surface area contributed by atoms with E-state index in [0.717, 1.165) is 82.8 Å². The summed E-state index contributed by atoms with van der Waals surface area (Å²) in [5, 5.41) is 23.6. The van der Waals surface area contributed by atoms with Gasteiger partial charge in [0.15, 0.2) is 17.5 Å². The molecule has 0 radical (unpaired) electrons. The molecule has 0 atom stereocenters. The lowest BCUT2D eigenvalue weighted by atomic mass is 9.75. The van der Waals surface area contributed by atoms with Crippen molar-refractivity contribution < 1.29 is 18.9 Å². The van der Waals surface area contributed by atoms with Crippen molar-refractivity contribution >= 4 is 56.5 Å². The first-order chi connectivity index (χ1) is 34.5. The standard InChI is InChI=1S/C42H29N3O.C21H17BO3/c1-42(2)35-23-29(20-21-31(35)33-24-34-32-18-9-10-19-37(32)46-38(34)25-36(33)42)28-16-11-17-30(22-28)41-44-39(26-12-5-3-6-13-26)43-40(45-41)27-14-7-4-8-15-27;1-21(2)17-9-12(22(23)24)7-8-13(17)15-10-16-14-5-3-4-6-19(14)25-20(16)11-18(15)21/h3-25H,1-2H3;3-11,23-24H,1-2H3. The number of furan rings is 2. The zero-order valence-corrected chi connectivity index (χ0v) is 39.6.